The SMILES string of the molecule is COc1ccc(C2=C(N(C(C)=O)C(C)=O)C(=O)c3cc(OC)c(OC)cc3C2=O)cc1OC. The molecular formula is C24H23NO8. The van der Waals surface area contributed by atoms with E-state index in [2.05, 4.69) is 0 Å². The van der Waals surface area contributed by atoms with Crippen molar-refractivity contribution in [3.8, 4) is 23.0 Å². The predicted octanol–water partition coefficient (Wildman–Crippen LogP) is 2.91. The maximum Gasteiger partial charge on any atom is 0.230 e. The molecule has 3 rings (SSSR count). The van der Waals surface area contributed by atoms with Gasteiger partial charge in [0.05, 0.1) is 34.0 Å². The first-order valence-electron chi connectivity index (χ1n) is 9.83. The van der Waals surface area contributed by atoms with E-state index in [0.717, 1.165) is 13.8 Å². The van der Waals surface area contributed by atoms with Crippen molar-refractivity contribution in [2.45, 2.75) is 13.8 Å². The molecule has 2 aromatic rings. The Hall–Kier alpha value is -4.14. The van der Waals surface area contributed by atoms with Crippen molar-refractivity contribution in [1.29, 1.82) is 0 Å². The van der Waals surface area contributed by atoms with E-state index in [4.69, 9.17) is 18.9 Å². The van der Waals surface area contributed by atoms with E-state index in [1.807, 2.05) is 0 Å². The Bertz CT molecular complexity index is 1200. The molecule has 172 valence electrons. The number of amides is 2. The van der Waals surface area contributed by atoms with Gasteiger partial charge in [0.2, 0.25) is 17.6 Å². The van der Waals surface area contributed by atoms with E-state index < -0.39 is 23.4 Å². The minimum Gasteiger partial charge on any atom is -0.493 e. The molecule has 9 nitrogen and oxygen atoms in total. The molecule has 1 aliphatic carbocycles. The molecule has 1 aliphatic rings. The van der Waals surface area contributed by atoms with Crippen molar-refractivity contribution in [3.05, 3.63) is 52.7 Å². The second-order valence-electron chi connectivity index (χ2n) is 7.08. The van der Waals surface area contributed by atoms with Crippen LogP contribution in [0.1, 0.15) is 40.1 Å². The Balaban J connectivity index is 2.40. The highest BCUT2D eigenvalue weighted by molar-refractivity contribution is 6.41. The smallest absolute Gasteiger partial charge is 0.230 e. The maximum atomic E-state index is 13.7. The van der Waals surface area contributed by atoms with Crippen LogP contribution >= 0.6 is 0 Å². The highest BCUT2D eigenvalue weighted by Gasteiger charge is 2.39. The van der Waals surface area contributed by atoms with E-state index in [0.29, 0.717) is 16.4 Å². The summed E-state index contributed by atoms with van der Waals surface area (Å²) < 4.78 is 21.1. The summed E-state index contributed by atoms with van der Waals surface area (Å²) in [6.45, 7) is 2.28. The summed E-state index contributed by atoms with van der Waals surface area (Å²) in [7, 11) is 5.68. The van der Waals surface area contributed by atoms with Gasteiger partial charge in [0.15, 0.2) is 28.8 Å². The summed E-state index contributed by atoms with van der Waals surface area (Å²) in [5.74, 6) is -1.48. The molecule has 0 fully saturated rings. The van der Waals surface area contributed by atoms with Crippen molar-refractivity contribution >= 4 is 29.0 Å². The van der Waals surface area contributed by atoms with Crippen molar-refractivity contribution < 1.29 is 38.1 Å². The molecule has 0 bridgehead atoms. The van der Waals surface area contributed by atoms with Gasteiger partial charge in [-0.25, -0.2) is 4.90 Å². The summed E-state index contributed by atoms with van der Waals surface area (Å²) in [5.41, 5.74) is -0.144. The summed E-state index contributed by atoms with van der Waals surface area (Å²) in [6, 6.07) is 7.37. The fourth-order valence-corrected chi connectivity index (χ4v) is 3.75. The Morgan fingerprint density at radius 3 is 1.58 bits per heavy atom. The van der Waals surface area contributed by atoms with Crippen LogP contribution in [-0.2, 0) is 9.59 Å². The van der Waals surface area contributed by atoms with Crippen molar-refractivity contribution in [3.63, 3.8) is 0 Å². The lowest BCUT2D eigenvalue weighted by molar-refractivity contribution is -0.139. The first-order chi connectivity index (χ1) is 15.7. The number of benzene rings is 2. The number of ether oxygens (including phenoxy) is 4. The van der Waals surface area contributed by atoms with Crippen LogP contribution in [-0.4, -0.2) is 56.7 Å². The first kappa shape index (κ1) is 23.5. The third-order valence-electron chi connectivity index (χ3n) is 5.22. The van der Waals surface area contributed by atoms with Crippen molar-refractivity contribution in [2.24, 2.45) is 0 Å². The zero-order valence-corrected chi connectivity index (χ0v) is 19.1. The van der Waals surface area contributed by atoms with Crippen LogP contribution in [0.5, 0.6) is 23.0 Å². The lowest BCUT2D eigenvalue weighted by Gasteiger charge is -2.28. The third-order valence-corrected chi connectivity index (χ3v) is 5.22. The van der Waals surface area contributed by atoms with Crippen molar-refractivity contribution in [1.82, 2.24) is 4.90 Å². The highest BCUT2D eigenvalue weighted by Crippen LogP contribution is 2.41. The average molecular weight is 453 g/mol. The molecule has 0 spiro atoms. The van der Waals surface area contributed by atoms with Gasteiger partial charge in [-0.2, -0.15) is 0 Å². The van der Waals surface area contributed by atoms with E-state index in [1.165, 1.54) is 46.6 Å². The number of hydrogen-bond acceptors (Lipinski definition) is 8. The molecule has 0 heterocycles. The molecule has 0 aromatic heterocycles. The number of methoxy groups -OCH3 is 4. The Morgan fingerprint density at radius 2 is 1.12 bits per heavy atom. The van der Waals surface area contributed by atoms with Gasteiger partial charge in [0, 0.05) is 25.0 Å². The maximum absolute atomic E-state index is 13.7. The van der Waals surface area contributed by atoms with Gasteiger partial charge in [0.25, 0.3) is 0 Å². The van der Waals surface area contributed by atoms with Gasteiger partial charge in [0.1, 0.15) is 5.70 Å². The molecule has 0 N–H and O–H groups in total. The lowest BCUT2D eigenvalue weighted by atomic mass is 9.83. The molecular weight excluding hydrogens is 430 g/mol. The zero-order chi connectivity index (χ0) is 24.4. The molecule has 0 saturated heterocycles. The van der Waals surface area contributed by atoms with Crippen LogP contribution in [0.15, 0.2) is 36.0 Å². The van der Waals surface area contributed by atoms with Gasteiger partial charge >= 0.3 is 0 Å². The minimum atomic E-state index is -0.708. The number of imide groups is 1. The summed E-state index contributed by atoms with van der Waals surface area (Å²) in [5, 5.41) is 0. The normalized spacial score (nSPS) is 12.8. The largest absolute Gasteiger partial charge is 0.493 e. The van der Waals surface area contributed by atoms with Gasteiger partial charge in [-0.1, -0.05) is 6.07 Å². The molecule has 2 aromatic carbocycles. The number of fused-ring (bicyclic) bond motifs is 1. The van der Waals surface area contributed by atoms with E-state index >= 15 is 0 Å². The van der Waals surface area contributed by atoms with Crippen LogP contribution in [0, 0.1) is 0 Å². The quantitative estimate of drug-likeness (QED) is 0.657. The number of ketones is 2. The number of hydrogen-bond donors (Lipinski definition) is 0. The fraction of sp³-hybridized carbons (Fsp3) is 0.250. The second kappa shape index (κ2) is 9.15. The Kier molecular flexibility index (Phi) is 6.52. The molecule has 0 unspecified atom stereocenters. The Labute approximate surface area is 190 Å². The number of nitrogens with zero attached hydrogens (tertiary/aromatic N) is 1. The van der Waals surface area contributed by atoms with E-state index in [-0.39, 0.29) is 39.5 Å². The van der Waals surface area contributed by atoms with Crippen LogP contribution in [0.2, 0.25) is 0 Å². The number of rotatable bonds is 6. The van der Waals surface area contributed by atoms with Crippen LogP contribution in [0.25, 0.3) is 5.57 Å². The molecule has 0 radical (unpaired) electrons. The topological polar surface area (TPSA) is 108 Å². The fourth-order valence-electron chi connectivity index (χ4n) is 3.75. The molecule has 2 amide bonds. The zero-order valence-electron chi connectivity index (χ0n) is 19.1. The number of Topliss-reactive ketones (excluding diaryl/α,β-unsaturated/α-hetero) is 2. The molecule has 9 heteroatoms. The number of carbonyl (C=O) groups is 4. The van der Waals surface area contributed by atoms with Crippen LogP contribution in [0.3, 0.4) is 0 Å². The lowest BCUT2D eigenvalue weighted by Crippen LogP contribution is -2.39. The van der Waals surface area contributed by atoms with E-state index in [9.17, 15) is 19.2 Å². The van der Waals surface area contributed by atoms with Crippen LogP contribution < -0.4 is 18.9 Å². The predicted molar refractivity (Wildman–Crippen MR) is 118 cm³/mol. The van der Waals surface area contributed by atoms with Gasteiger partial charge in [-0.3, -0.25) is 19.2 Å². The first-order valence-corrected chi connectivity index (χ1v) is 9.83. The van der Waals surface area contributed by atoms with Gasteiger partial charge < -0.3 is 18.9 Å². The molecule has 33 heavy (non-hydrogen) atoms. The summed E-state index contributed by atoms with van der Waals surface area (Å²) in [6.07, 6.45) is 0. The second-order valence-corrected chi connectivity index (χ2v) is 7.08. The molecule has 0 atom stereocenters. The van der Waals surface area contributed by atoms with Gasteiger partial charge in [-0.05, 0) is 29.8 Å². The minimum absolute atomic E-state index is 0.00984. The monoisotopic (exact) mass is 453 g/mol. The van der Waals surface area contributed by atoms with E-state index in [1.54, 1.807) is 12.1 Å². The number of carbonyl (C=O) groups excluding carboxylic acids is 4. The molecule has 0 aliphatic heterocycles. The average Bonchev–Trinajstić information content (AvgIpc) is 2.80. The standard InChI is InChI=1S/C24H23NO8/c1-12(26)25(13(2)27)22-21(14-7-8-17(30-3)18(9-14)31-4)23(28)15-10-19(32-5)20(33-6)11-16(15)24(22)29/h7-11H,1-6H3. The third kappa shape index (κ3) is 3.93. The van der Waals surface area contributed by atoms with Crippen LogP contribution in [0.4, 0.5) is 0 Å². The summed E-state index contributed by atoms with van der Waals surface area (Å²) in [4.78, 5) is 52.8. The number of allylic oxidation sites excluding steroid dienone is 2. The summed E-state index contributed by atoms with van der Waals surface area (Å²) >= 11 is 0. The molecule has 0 saturated carbocycles. The van der Waals surface area contributed by atoms with Crippen molar-refractivity contribution in [2.75, 3.05) is 28.4 Å². The highest BCUT2D eigenvalue weighted by atomic mass is 16.5. The Morgan fingerprint density at radius 1 is 0.667 bits per heavy atom. The van der Waals surface area contributed by atoms with Gasteiger partial charge in [-0.15, -0.1) is 0 Å².